The van der Waals surface area contributed by atoms with E-state index in [9.17, 15) is 18.5 Å². The predicted molar refractivity (Wildman–Crippen MR) is 84.8 cm³/mol. The van der Waals surface area contributed by atoms with Gasteiger partial charge in [-0.1, -0.05) is 30.3 Å². The summed E-state index contributed by atoms with van der Waals surface area (Å²) >= 11 is 0. The van der Waals surface area contributed by atoms with Crippen molar-refractivity contribution in [2.24, 2.45) is 0 Å². The maximum absolute atomic E-state index is 12.5. The standard InChI is InChI=1S/C15H16N2O5S/c1-11(12-6-4-3-5-7-12)16-23(20,21)15-9-8-13(17(18)19)10-14(15)22-2/h3-11,16H,1-2H3/t11-/m1/s1. The van der Waals surface area contributed by atoms with Crippen LogP contribution in [-0.4, -0.2) is 20.5 Å². The van der Waals surface area contributed by atoms with Gasteiger partial charge in [0.25, 0.3) is 5.69 Å². The Balaban J connectivity index is 2.34. The van der Waals surface area contributed by atoms with Gasteiger partial charge < -0.3 is 4.74 Å². The summed E-state index contributed by atoms with van der Waals surface area (Å²) in [6.07, 6.45) is 0. The third kappa shape index (κ3) is 3.85. The van der Waals surface area contributed by atoms with E-state index in [1.54, 1.807) is 19.1 Å². The number of sulfonamides is 1. The molecule has 1 N–H and O–H groups in total. The summed E-state index contributed by atoms with van der Waals surface area (Å²) in [4.78, 5) is 10.0. The average molecular weight is 336 g/mol. The van der Waals surface area contributed by atoms with Crippen LogP contribution >= 0.6 is 0 Å². The first kappa shape index (κ1) is 16.9. The van der Waals surface area contributed by atoms with Crippen molar-refractivity contribution in [1.29, 1.82) is 0 Å². The molecule has 1 atom stereocenters. The van der Waals surface area contributed by atoms with Crippen LogP contribution in [0, 0.1) is 10.1 Å². The van der Waals surface area contributed by atoms with Crippen molar-refractivity contribution in [2.45, 2.75) is 17.9 Å². The molecule has 0 aliphatic rings. The molecule has 23 heavy (non-hydrogen) atoms. The number of benzene rings is 2. The largest absolute Gasteiger partial charge is 0.495 e. The maximum atomic E-state index is 12.5. The maximum Gasteiger partial charge on any atom is 0.273 e. The highest BCUT2D eigenvalue weighted by molar-refractivity contribution is 7.89. The van der Waals surface area contributed by atoms with Crippen molar-refractivity contribution in [2.75, 3.05) is 7.11 Å². The molecule has 2 aromatic carbocycles. The van der Waals surface area contributed by atoms with Gasteiger partial charge in [-0.15, -0.1) is 0 Å². The Morgan fingerprint density at radius 3 is 2.39 bits per heavy atom. The number of ether oxygens (including phenoxy) is 1. The summed E-state index contributed by atoms with van der Waals surface area (Å²) in [6.45, 7) is 1.71. The van der Waals surface area contributed by atoms with Crippen LogP contribution in [-0.2, 0) is 10.0 Å². The van der Waals surface area contributed by atoms with Crippen LogP contribution in [0.4, 0.5) is 5.69 Å². The van der Waals surface area contributed by atoms with E-state index < -0.39 is 21.0 Å². The SMILES string of the molecule is COc1cc([N+](=O)[O-])ccc1S(=O)(=O)N[C@H](C)c1ccccc1. The minimum Gasteiger partial charge on any atom is -0.495 e. The molecule has 0 saturated heterocycles. The van der Waals surface area contributed by atoms with E-state index in [0.717, 1.165) is 23.8 Å². The number of nitrogens with one attached hydrogen (secondary N) is 1. The van der Waals surface area contributed by atoms with E-state index in [-0.39, 0.29) is 16.3 Å². The van der Waals surface area contributed by atoms with E-state index in [2.05, 4.69) is 4.72 Å². The number of methoxy groups -OCH3 is 1. The highest BCUT2D eigenvalue weighted by Gasteiger charge is 2.24. The van der Waals surface area contributed by atoms with E-state index in [1.165, 1.54) is 7.11 Å². The molecule has 2 rings (SSSR count). The van der Waals surface area contributed by atoms with Crippen LogP contribution in [0.3, 0.4) is 0 Å². The summed E-state index contributed by atoms with van der Waals surface area (Å²) in [5.74, 6) is -0.0769. The lowest BCUT2D eigenvalue weighted by atomic mass is 10.1. The van der Waals surface area contributed by atoms with Crippen LogP contribution in [0.2, 0.25) is 0 Å². The number of nitro benzene ring substituents is 1. The zero-order valence-corrected chi connectivity index (χ0v) is 13.4. The molecule has 122 valence electrons. The Morgan fingerprint density at radius 1 is 1.17 bits per heavy atom. The van der Waals surface area contributed by atoms with Crippen molar-refractivity contribution in [3.8, 4) is 5.75 Å². The fourth-order valence-electron chi connectivity index (χ4n) is 2.10. The molecule has 0 spiro atoms. The quantitative estimate of drug-likeness (QED) is 0.646. The highest BCUT2D eigenvalue weighted by atomic mass is 32.2. The molecular formula is C15H16N2O5S. The summed E-state index contributed by atoms with van der Waals surface area (Å²) in [5.41, 5.74) is 0.564. The van der Waals surface area contributed by atoms with Crippen molar-refractivity contribution in [3.05, 3.63) is 64.2 Å². The van der Waals surface area contributed by atoms with E-state index in [4.69, 9.17) is 4.74 Å². The normalized spacial score (nSPS) is 12.6. The Hall–Kier alpha value is -2.45. The molecule has 0 aliphatic heterocycles. The van der Waals surface area contributed by atoms with Gasteiger partial charge in [0, 0.05) is 12.1 Å². The molecule has 7 nitrogen and oxygen atoms in total. The molecule has 0 amide bonds. The van der Waals surface area contributed by atoms with Crippen LogP contribution < -0.4 is 9.46 Å². The number of rotatable bonds is 6. The van der Waals surface area contributed by atoms with Crippen molar-refractivity contribution in [3.63, 3.8) is 0 Å². The minimum absolute atomic E-state index is 0.0769. The van der Waals surface area contributed by atoms with Gasteiger partial charge in [0.05, 0.1) is 18.1 Å². The molecule has 0 fully saturated rings. The number of nitro groups is 1. The van der Waals surface area contributed by atoms with Crippen molar-refractivity contribution < 1.29 is 18.1 Å². The third-order valence-electron chi connectivity index (χ3n) is 3.28. The average Bonchev–Trinajstić information content (AvgIpc) is 2.54. The Labute approximate surface area is 134 Å². The lowest BCUT2D eigenvalue weighted by Crippen LogP contribution is -2.27. The second-order valence-corrected chi connectivity index (χ2v) is 6.53. The Morgan fingerprint density at radius 2 is 1.83 bits per heavy atom. The van der Waals surface area contributed by atoms with Gasteiger partial charge >= 0.3 is 0 Å². The summed E-state index contributed by atoms with van der Waals surface area (Å²) in [6, 6.07) is 12.0. The molecule has 8 heteroatoms. The summed E-state index contributed by atoms with van der Waals surface area (Å²) in [5, 5.41) is 10.8. The second-order valence-electron chi connectivity index (χ2n) is 4.85. The number of non-ortho nitro benzene ring substituents is 1. The van der Waals surface area contributed by atoms with Gasteiger partial charge in [-0.05, 0) is 18.6 Å². The van der Waals surface area contributed by atoms with E-state index in [0.29, 0.717) is 0 Å². The number of hydrogen-bond acceptors (Lipinski definition) is 5. The smallest absolute Gasteiger partial charge is 0.273 e. The van der Waals surface area contributed by atoms with Gasteiger partial charge in [0.2, 0.25) is 10.0 Å². The summed E-state index contributed by atoms with van der Waals surface area (Å²) < 4.78 is 32.6. The molecule has 2 aromatic rings. The molecule has 0 saturated carbocycles. The van der Waals surface area contributed by atoms with Gasteiger partial charge in [-0.3, -0.25) is 10.1 Å². The van der Waals surface area contributed by atoms with Gasteiger partial charge in [-0.2, -0.15) is 0 Å². The fraction of sp³-hybridized carbons (Fsp3) is 0.200. The highest BCUT2D eigenvalue weighted by Crippen LogP contribution is 2.29. The summed E-state index contributed by atoms with van der Waals surface area (Å²) in [7, 11) is -2.63. The van der Waals surface area contributed by atoms with Crippen LogP contribution in [0.1, 0.15) is 18.5 Å². The van der Waals surface area contributed by atoms with Gasteiger partial charge in [0.1, 0.15) is 10.6 Å². The lowest BCUT2D eigenvalue weighted by molar-refractivity contribution is -0.385. The zero-order valence-electron chi connectivity index (χ0n) is 12.6. The molecule has 0 bridgehead atoms. The van der Waals surface area contributed by atoms with Crippen molar-refractivity contribution >= 4 is 15.7 Å². The minimum atomic E-state index is -3.89. The number of hydrogen-bond donors (Lipinski definition) is 1. The van der Waals surface area contributed by atoms with Crippen LogP contribution in [0.25, 0.3) is 0 Å². The third-order valence-corrected chi connectivity index (χ3v) is 4.86. The molecule has 0 aliphatic carbocycles. The Kier molecular flexibility index (Phi) is 4.97. The molecular weight excluding hydrogens is 320 g/mol. The first-order valence-corrected chi connectivity index (χ1v) is 8.23. The second kappa shape index (κ2) is 6.76. The topological polar surface area (TPSA) is 98.5 Å². The van der Waals surface area contributed by atoms with Crippen LogP contribution in [0.15, 0.2) is 53.4 Å². The molecule has 0 radical (unpaired) electrons. The van der Waals surface area contributed by atoms with Crippen LogP contribution in [0.5, 0.6) is 5.75 Å². The van der Waals surface area contributed by atoms with E-state index >= 15 is 0 Å². The van der Waals surface area contributed by atoms with Crippen molar-refractivity contribution in [1.82, 2.24) is 4.72 Å². The lowest BCUT2D eigenvalue weighted by Gasteiger charge is -2.16. The molecule has 0 aromatic heterocycles. The van der Waals surface area contributed by atoms with Gasteiger partial charge in [-0.25, -0.2) is 13.1 Å². The number of nitrogens with zero attached hydrogens (tertiary/aromatic N) is 1. The Bertz CT molecular complexity index is 806. The molecule has 0 unspecified atom stereocenters. The fourth-order valence-corrected chi connectivity index (χ4v) is 3.48. The zero-order chi connectivity index (χ0) is 17.0. The van der Waals surface area contributed by atoms with E-state index in [1.807, 2.05) is 18.2 Å². The predicted octanol–water partition coefficient (Wildman–Crippen LogP) is 2.64. The first-order chi connectivity index (χ1) is 10.8. The monoisotopic (exact) mass is 336 g/mol. The first-order valence-electron chi connectivity index (χ1n) is 6.75. The van der Waals surface area contributed by atoms with Gasteiger partial charge in [0.15, 0.2) is 0 Å². The molecule has 0 heterocycles.